The van der Waals surface area contributed by atoms with E-state index < -0.39 is 5.97 Å². The monoisotopic (exact) mass is 186 g/mol. The highest BCUT2D eigenvalue weighted by atomic mass is 16.5. The second kappa shape index (κ2) is 5.60. The number of ether oxygens (including phenoxy) is 1. The van der Waals surface area contributed by atoms with Gasteiger partial charge in [0.1, 0.15) is 0 Å². The Hall–Kier alpha value is -2.01. The molecular formula is C12H10O2. The normalized spacial score (nSPS) is 8.29. The molecule has 0 aliphatic rings. The van der Waals surface area contributed by atoms with Crippen molar-refractivity contribution < 1.29 is 9.53 Å². The lowest BCUT2D eigenvalue weighted by atomic mass is 10.2. The summed E-state index contributed by atoms with van der Waals surface area (Å²) in [5.74, 6) is 5.14. The molecule has 1 rings (SSSR count). The molecule has 1 aromatic rings. The molecule has 0 unspecified atom stereocenters. The third-order valence-corrected chi connectivity index (χ3v) is 1.46. The Morgan fingerprint density at radius 2 is 2.14 bits per heavy atom. The molecule has 0 aromatic heterocycles. The Bertz CT molecular complexity index is 368. The Balaban J connectivity index is 2.42. The molecule has 1 aromatic carbocycles. The molecule has 2 nitrogen and oxygen atoms in total. The molecule has 0 aliphatic heterocycles. The fourth-order valence-corrected chi connectivity index (χ4v) is 0.826. The average molecular weight is 186 g/mol. The summed E-state index contributed by atoms with van der Waals surface area (Å²) in [6, 6.07) is 9.51. The maximum Gasteiger partial charge on any atom is 0.331 e. The predicted octanol–water partition coefficient (Wildman–Crippen LogP) is 1.77. The van der Waals surface area contributed by atoms with Gasteiger partial charge in [-0.3, -0.25) is 0 Å². The summed E-state index contributed by atoms with van der Waals surface area (Å²) >= 11 is 0. The second-order valence-electron chi connectivity index (χ2n) is 2.48. The van der Waals surface area contributed by atoms with Gasteiger partial charge in [-0.1, -0.05) is 36.6 Å². The minimum absolute atomic E-state index is 0.0970. The molecule has 70 valence electrons. The lowest BCUT2D eigenvalue weighted by Crippen LogP contribution is -1.99. The van der Waals surface area contributed by atoms with Crippen molar-refractivity contribution in [1.29, 1.82) is 0 Å². The van der Waals surface area contributed by atoms with Crippen LogP contribution in [0.4, 0.5) is 0 Å². The van der Waals surface area contributed by atoms with Gasteiger partial charge in [0.2, 0.25) is 0 Å². The van der Waals surface area contributed by atoms with E-state index in [-0.39, 0.29) is 6.61 Å². The highest BCUT2D eigenvalue weighted by Gasteiger charge is 1.89. The van der Waals surface area contributed by atoms with Crippen LogP contribution in [-0.4, -0.2) is 12.6 Å². The SMILES string of the molecule is C=CC(=O)OCC#Cc1ccccc1. The zero-order valence-electron chi connectivity index (χ0n) is 7.69. The number of carbonyl (C=O) groups is 1. The van der Waals surface area contributed by atoms with Gasteiger partial charge in [0.15, 0.2) is 6.61 Å². The van der Waals surface area contributed by atoms with E-state index in [4.69, 9.17) is 0 Å². The van der Waals surface area contributed by atoms with E-state index in [1.165, 1.54) is 0 Å². The van der Waals surface area contributed by atoms with Gasteiger partial charge >= 0.3 is 5.97 Å². The zero-order chi connectivity index (χ0) is 10.2. The fraction of sp³-hybridized carbons (Fsp3) is 0.0833. The van der Waals surface area contributed by atoms with Crippen LogP contribution in [0.1, 0.15) is 5.56 Å². The molecule has 0 bridgehead atoms. The molecule has 0 fully saturated rings. The number of esters is 1. The lowest BCUT2D eigenvalue weighted by molar-refractivity contribution is -0.136. The minimum Gasteiger partial charge on any atom is -0.449 e. The first kappa shape index (κ1) is 10.1. The summed E-state index contributed by atoms with van der Waals surface area (Å²) in [5, 5.41) is 0. The summed E-state index contributed by atoms with van der Waals surface area (Å²) in [4.78, 5) is 10.6. The van der Waals surface area contributed by atoms with Gasteiger partial charge in [-0.15, -0.1) is 0 Å². The van der Waals surface area contributed by atoms with Gasteiger partial charge in [-0.2, -0.15) is 0 Å². The quantitative estimate of drug-likeness (QED) is 0.399. The van der Waals surface area contributed by atoms with Crippen molar-refractivity contribution in [2.24, 2.45) is 0 Å². The number of carbonyl (C=O) groups excluding carboxylic acids is 1. The molecule has 0 atom stereocenters. The summed E-state index contributed by atoms with van der Waals surface area (Å²) in [7, 11) is 0. The smallest absolute Gasteiger partial charge is 0.331 e. The Labute approximate surface area is 83.2 Å². The summed E-state index contributed by atoms with van der Waals surface area (Å²) in [5.41, 5.74) is 0.905. The number of rotatable bonds is 2. The van der Waals surface area contributed by atoms with E-state index in [0.29, 0.717) is 0 Å². The van der Waals surface area contributed by atoms with Gasteiger partial charge in [0.25, 0.3) is 0 Å². The second-order valence-corrected chi connectivity index (χ2v) is 2.48. The summed E-state index contributed by atoms with van der Waals surface area (Å²) < 4.78 is 4.68. The third-order valence-electron chi connectivity index (χ3n) is 1.46. The van der Waals surface area contributed by atoms with Crippen LogP contribution in [0.5, 0.6) is 0 Å². The van der Waals surface area contributed by atoms with Crippen LogP contribution < -0.4 is 0 Å². The zero-order valence-corrected chi connectivity index (χ0v) is 7.69. The van der Waals surface area contributed by atoms with Crippen molar-refractivity contribution in [3.8, 4) is 11.8 Å². The third kappa shape index (κ3) is 3.59. The molecule has 0 radical (unpaired) electrons. The fourth-order valence-electron chi connectivity index (χ4n) is 0.826. The Kier molecular flexibility index (Phi) is 4.03. The van der Waals surface area contributed by atoms with Crippen molar-refractivity contribution in [2.45, 2.75) is 0 Å². The van der Waals surface area contributed by atoms with Crippen LogP contribution in [0, 0.1) is 11.8 Å². The Morgan fingerprint density at radius 1 is 1.43 bits per heavy atom. The molecule has 0 N–H and O–H groups in total. The maximum absolute atomic E-state index is 10.6. The maximum atomic E-state index is 10.6. The van der Waals surface area contributed by atoms with E-state index in [2.05, 4.69) is 23.2 Å². The molecular weight excluding hydrogens is 176 g/mol. The van der Waals surface area contributed by atoms with E-state index >= 15 is 0 Å². The number of hydrogen-bond acceptors (Lipinski definition) is 2. The molecule has 0 amide bonds. The molecule has 0 heterocycles. The van der Waals surface area contributed by atoms with Gasteiger partial charge in [0, 0.05) is 11.6 Å². The van der Waals surface area contributed by atoms with Gasteiger partial charge in [-0.05, 0) is 12.1 Å². The molecule has 0 saturated heterocycles. The first-order valence-corrected chi connectivity index (χ1v) is 4.16. The van der Waals surface area contributed by atoms with Crippen molar-refractivity contribution in [2.75, 3.05) is 6.61 Å². The molecule has 0 saturated carbocycles. The van der Waals surface area contributed by atoms with E-state index in [1.807, 2.05) is 30.3 Å². The Morgan fingerprint density at radius 3 is 2.79 bits per heavy atom. The van der Waals surface area contributed by atoms with Crippen LogP contribution in [0.3, 0.4) is 0 Å². The highest BCUT2D eigenvalue weighted by molar-refractivity contribution is 5.81. The molecule has 2 heteroatoms. The van der Waals surface area contributed by atoms with Crippen molar-refractivity contribution in [1.82, 2.24) is 0 Å². The summed E-state index contributed by atoms with van der Waals surface area (Å²) in [6.07, 6.45) is 1.12. The average Bonchev–Trinajstić information content (AvgIpc) is 2.25. The van der Waals surface area contributed by atoms with E-state index in [9.17, 15) is 4.79 Å². The van der Waals surface area contributed by atoms with Crippen LogP contribution in [-0.2, 0) is 9.53 Å². The standard InChI is InChI=1S/C12H10O2/c1-2-12(13)14-10-6-9-11-7-4-3-5-8-11/h2-5,7-8H,1,10H2. The lowest BCUT2D eigenvalue weighted by Gasteiger charge is -1.92. The van der Waals surface area contributed by atoms with Crippen LogP contribution >= 0.6 is 0 Å². The van der Waals surface area contributed by atoms with Crippen LogP contribution in [0.25, 0.3) is 0 Å². The minimum atomic E-state index is -0.452. The van der Waals surface area contributed by atoms with E-state index in [0.717, 1.165) is 11.6 Å². The largest absolute Gasteiger partial charge is 0.449 e. The molecule has 0 aliphatic carbocycles. The number of benzene rings is 1. The molecule has 0 spiro atoms. The van der Waals surface area contributed by atoms with Crippen molar-refractivity contribution in [3.05, 3.63) is 48.6 Å². The first-order chi connectivity index (χ1) is 6.83. The van der Waals surface area contributed by atoms with Gasteiger partial charge < -0.3 is 4.74 Å². The van der Waals surface area contributed by atoms with Crippen LogP contribution in [0.15, 0.2) is 43.0 Å². The number of hydrogen-bond donors (Lipinski definition) is 0. The van der Waals surface area contributed by atoms with Crippen molar-refractivity contribution in [3.63, 3.8) is 0 Å². The van der Waals surface area contributed by atoms with Crippen LogP contribution in [0.2, 0.25) is 0 Å². The van der Waals surface area contributed by atoms with Gasteiger partial charge in [-0.25, -0.2) is 4.79 Å². The molecule has 14 heavy (non-hydrogen) atoms. The predicted molar refractivity (Wildman–Crippen MR) is 54.5 cm³/mol. The van der Waals surface area contributed by atoms with Gasteiger partial charge in [0.05, 0.1) is 0 Å². The topological polar surface area (TPSA) is 26.3 Å². The summed E-state index contributed by atoms with van der Waals surface area (Å²) in [6.45, 7) is 3.37. The van der Waals surface area contributed by atoms with E-state index in [1.54, 1.807) is 0 Å². The highest BCUT2D eigenvalue weighted by Crippen LogP contribution is 1.94. The first-order valence-electron chi connectivity index (χ1n) is 4.16. The van der Waals surface area contributed by atoms with Crippen molar-refractivity contribution >= 4 is 5.97 Å².